The molecule has 0 spiro atoms. The third-order valence-corrected chi connectivity index (χ3v) is 8.04. The van der Waals surface area contributed by atoms with Crippen LogP contribution < -0.4 is 15.4 Å². The van der Waals surface area contributed by atoms with Gasteiger partial charge in [0.05, 0.1) is 13.2 Å². The molecular formula is C20H27N3O4S2. The molecule has 1 aliphatic rings. The van der Waals surface area contributed by atoms with Crippen LogP contribution in [0, 0.1) is 6.92 Å². The van der Waals surface area contributed by atoms with Crippen LogP contribution in [0.15, 0.2) is 40.6 Å². The van der Waals surface area contributed by atoms with Crippen LogP contribution in [-0.2, 0) is 16.6 Å². The zero-order valence-electron chi connectivity index (χ0n) is 16.5. The van der Waals surface area contributed by atoms with E-state index in [0.29, 0.717) is 43.4 Å². The average Bonchev–Trinajstić information content (AvgIpc) is 3.39. The largest absolute Gasteiger partial charge is 0.494 e. The summed E-state index contributed by atoms with van der Waals surface area (Å²) in [4.78, 5) is 12.7. The van der Waals surface area contributed by atoms with Crippen molar-refractivity contribution in [2.75, 3.05) is 26.2 Å². The topological polar surface area (TPSA) is 87.7 Å². The Morgan fingerprint density at radius 1 is 1.17 bits per heavy atom. The SMILES string of the molecule is Cc1cccc(OCCCNC(=O)NCc2ccc(S(=O)(=O)N3CCCC3)s2)c1. The Balaban J connectivity index is 1.35. The van der Waals surface area contributed by atoms with E-state index in [1.807, 2.05) is 31.2 Å². The quantitative estimate of drug-likeness (QED) is 0.590. The first-order valence-corrected chi connectivity index (χ1v) is 12.0. The van der Waals surface area contributed by atoms with E-state index in [-0.39, 0.29) is 6.03 Å². The molecule has 0 saturated carbocycles. The number of ether oxygens (including phenoxy) is 1. The lowest BCUT2D eigenvalue weighted by Gasteiger charge is -2.13. The number of benzene rings is 1. The van der Waals surface area contributed by atoms with E-state index in [4.69, 9.17) is 4.74 Å². The van der Waals surface area contributed by atoms with Gasteiger partial charge in [-0.05, 0) is 56.0 Å². The van der Waals surface area contributed by atoms with Gasteiger partial charge in [0, 0.05) is 24.5 Å². The summed E-state index contributed by atoms with van der Waals surface area (Å²) >= 11 is 1.21. The molecule has 9 heteroatoms. The van der Waals surface area contributed by atoms with Gasteiger partial charge in [-0.2, -0.15) is 4.31 Å². The van der Waals surface area contributed by atoms with Crippen molar-refractivity contribution in [3.05, 3.63) is 46.8 Å². The summed E-state index contributed by atoms with van der Waals surface area (Å²) < 4.78 is 32.6. The van der Waals surface area contributed by atoms with Crippen molar-refractivity contribution in [2.45, 2.75) is 36.9 Å². The fourth-order valence-corrected chi connectivity index (χ4v) is 6.01. The van der Waals surface area contributed by atoms with E-state index < -0.39 is 10.0 Å². The molecule has 1 aromatic heterocycles. The van der Waals surface area contributed by atoms with Crippen molar-refractivity contribution in [3.8, 4) is 5.75 Å². The maximum atomic E-state index is 12.5. The molecule has 3 rings (SSSR count). The molecule has 158 valence electrons. The highest BCUT2D eigenvalue weighted by Crippen LogP contribution is 2.27. The van der Waals surface area contributed by atoms with E-state index in [0.717, 1.165) is 29.0 Å². The van der Waals surface area contributed by atoms with Gasteiger partial charge in [-0.3, -0.25) is 0 Å². The van der Waals surface area contributed by atoms with Crippen LogP contribution in [-0.4, -0.2) is 45.0 Å². The molecule has 1 aliphatic heterocycles. The van der Waals surface area contributed by atoms with E-state index in [2.05, 4.69) is 10.6 Å². The van der Waals surface area contributed by atoms with Crippen molar-refractivity contribution >= 4 is 27.4 Å². The summed E-state index contributed by atoms with van der Waals surface area (Å²) in [5, 5.41) is 5.54. The monoisotopic (exact) mass is 437 g/mol. The summed E-state index contributed by atoms with van der Waals surface area (Å²) in [5.74, 6) is 0.826. The highest BCUT2D eigenvalue weighted by Gasteiger charge is 2.28. The highest BCUT2D eigenvalue weighted by molar-refractivity contribution is 7.91. The Morgan fingerprint density at radius 2 is 1.97 bits per heavy atom. The Labute approximate surface area is 176 Å². The molecule has 0 unspecified atom stereocenters. The zero-order valence-corrected chi connectivity index (χ0v) is 18.2. The van der Waals surface area contributed by atoms with Crippen LogP contribution in [0.1, 0.15) is 29.7 Å². The maximum Gasteiger partial charge on any atom is 0.315 e. The highest BCUT2D eigenvalue weighted by atomic mass is 32.2. The molecule has 0 radical (unpaired) electrons. The number of carbonyl (C=O) groups is 1. The fourth-order valence-electron chi connectivity index (χ4n) is 3.05. The zero-order chi connectivity index (χ0) is 20.7. The number of urea groups is 1. The van der Waals surface area contributed by atoms with Crippen molar-refractivity contribution < 1.29 is 17.9 Å². The minimum atomic E-state index is -3.39. The molecule has 2 aromatic rings. The third-order valence-electron chi connectivity index (χ3n) is 4.58. The van der Waals surface area contributed by atoms with E-state index in [9.17, 15) is 13.2 Å². The number of thiophene rings is 1. The molecular weight excluding hydrogens is 410 g/mol. The second-order valence-electron chi connectivity index (χ2n) is 6.96. The van der Waals surface area contributed by atoms with E-state index >= 15 is 0 Å². The van der Waals surface area contributed by atoms with Gasteiger partial charge in [0.25, 0.3) is 10.0 Å². The lowest BCUT2D eigenvalue weighted by Crippen LogP contribution is -2.35. The van der Waals surface area contributed by atoms with Gasteiger partial charge in [0.15, 0.2) is 0 Å². The second kappa shape index (κ2) is 10.1. The summed E-state index contributed by atoms with van der Waals surface area (Å²) in [6.45, 7) is 4.50. The lowest BCUT2D eigenvalue weighted by molar-refractivity contribution is 0.239. The minimum Gasteiger partial charge on any atom is -0.494 e. The first-order chi connectivity index (χ1) is 13.9. The molecule has 1 saturated heterocycles. The smallest absolute Gasteiger partial charge is 0.315 e. The fraction of sp³-hybridized carbons (Fsp3) is 0.450. The van der Waals surface area contributed by atoms with Gasteiger partial charge in [0.1, 0.15) is 9.96 Å². The van der Waals surface area contributed by atoms with Crippen LogP contribution in [0.5, 0.6) is 5.75 Å². The van der Waals surface area contributed by atoms with Gasteiger partial charge in [-0.25, -0.2) is 13.2 Å². The normalized spacial score (nSPS) is 14.7. The second-order valence-corrected chi connectivity index (χ2v) is 10.3. The number of hydrogen-bond donors (Lipinski definition) is 2. The number of nitrogens with zero attached hydrogens (tertiary/aromatic N) is 1. The first kappa shape index (κ1) is 21.6. The number of sulfonamides is 1. The van der Waals surface area contributed by atoms with Crippen LogP contribution in [0.4, 0.5) is 4.79 Å². The average molecular weight is 438 g/mol. The number of amides is 2. The van der Waals surface area contributed by atoms with Gasteiger partial charge in [0.2, 0.25) is 0 Å². The molecule has 2 amide bonds. The van der Waals surface area contributed by atoms with Crippen molar-refractivity contribution in [2.24, 2.45) is 0 Å². The molecule has 7 nitrogen and oxygen atoms in total. The standard InChI is InChI=1S/C20H27N3O4S2/c1-16-6-4-7-17(14-16)27-13-5-10-21-20(24)22-15-18-8-9-19(28-18)29(25,26)23-11-2-3-12-23/h4,6-9,14H,2-3,5,10-13,15H2,1H3,(H2,21,22,24). The summed E-state index contributed by atoms with van der Waals surface area (Å²) in [6.07, 6.45) is 2.52. The summed E-state index contributed by atoms with van der Waals surface area (Å²) in [5.41, 5.74) is 1.14. The molecule has 29 heavy (non-hydrogen) atoms. The van der Waals surface area contributed by atoms with Crippen LogP contribution in [0.3, 0.4) is 0 Å². The molecule has 2 heterocycles. The number of rotatable bonds is 9. The first-order valence-electron chi connectivity index (χ1n) is 9.75. The maximum absolute atomic E-state index is 12.5. The summed E-state index contributed by atoms with van der Waals surface area (Å²) in [7, 11) is -3.39. The summed E-state index contributed by atoms with van der Waals surface area (Å²) in [6, 6.07) is 10.9. The van der Waals surface area contributed by atoms with Crippen molar-refractivity contribution in [1.29, 1.82) is 0 Å². The number of carbonyl (C=O) groups excluding carboxylic acids is 1. The number of hydrogen-bond acceptors (Lipinski definition) is 5. The Kier molecular flexibility index (Phi) is 7.51. The Bertz CT molecular complexity index is 921. The molecule has 2 N–H and O–H groups in total. The van der Waals surface area contributed by atoms with Crippen molar-refractivity contribution in [3.63, 3.8) is 0 Å². The van der Waals surface area contributed by atoms with Crippen LogP contribution in [0.2, 0.25) is 0 Å². The van der Waals surface area contributed by atoms with Gasteiger partial charge in [-0.1, -0.05) is 12.1 Å². The predicted octanol–water partition coefficient (Wildman–Crippen LogP) is 3.11. The molecule has 0 atom stereocenters. The lowest BCUT2D eigenvalue weighted by atomic mass is 10.2. The van der Waals surface area contributed by atoms with Crippen LogP contribution in [0.25, 0.3) is 0 Å². The molecule has 0 bridgehead atoms. The van der Waals surface area contributed by atoms with E-state index in [1.165, 1.54) is 15.6 Å². The van der Waals surface area contributed by atoms with E-state index in [1.54, 1.807) is 12.1 Å². The minimum absolute atomic E-state index is 0.280. The predicted molar refractivity (Wildman–Crippen MR) is 114 cm³/mol. The molecule has 1 fully saturated rings. The Hall–Kier alpha value is -2.10. The Morgan fingerprint density at radius 3 is 2.72 bits per heavy atom. The molecule has 0 aliphatic carbocycles. The van der Waals surface area contributed by atoms with Gasteiger partial charge in [-0.15, -0.1) is 11.3 Å². The van der Waals surface area contributed by atoms with Crippen LogP contribution >= 0.6 is 11.3 Å². The van der Waals surface area contributed by atoms with Gasteiger partial charge >= 0.3 is 6.03 Å². The number of nitrogens with one attached hydrogen (secondary N) is 2. The third kappa shape index (κ3) is 6.19. The van der Waals surface area contributed by atoms with Crippen molar-refractivity contribution in [1.82, 2.24) is 14.9 Å². The van der Waals surface area contributed by atoms with Gasteiger partial charge < -0.3 is 15.4 Å². The molecule has 1 aromatic carbocycles. The number of aryl methyl sites for hydroxylation is 1.